The van der Waals surface area contributed by atoms with E-state index in [4.69, 9.17) is 9.84 Å². The Labute approximate surface area is 273 Å². The number of carboxylic acid groups (broad SMARTS) is 1. The molecule has 1 fully saturated rings. The van der Waals surface area contributed by atoms with Gasteiger partial charge in [0.05, 0.1) is 12.7 Å². The molecule has 0 radical (unpaired) electrons. The molecule has 3 aromatic rings. The fourth-order valence-corrected chi connectivity index (χ4v) is 6.46. The molecule has 1 unspecified atom stereocenters. The van der Waals surface area contributed by atoms with Crippen LogP contribution in [0, 0.1) is 17.6 Å². The third-order valence-electron chi connectivity index (χ3n) is 7.67. The fraction of sp³-hybridized carbons (Fsp3) is 0.333. The number of carbonyl (C=O) groups excluding carboxylic acids is 3. The average Bonchev–Trinajstić information content (AvgIpc) is 3.04. The van der Waals surface area contributed by atoms with Gasteiger partial charge in [0.25, 0.3) is 5.91 Å². The van der Waals surface area contributed by atoms with Crippen molar-refractivity contribution < 1.29 is 48.0 Å². The molecule has 0 spiro atoms. The third kappa shape index (κ3) is 8.25. The molecule has 0 bridgehead atoms. The Kier molecular flexibility index (Phi) is 11.6. The number of halogens is 2. The normalized spacial score (nSPS) is 19.1. The van der Waals surface area contributed by atoms with Crippen molar-refractivity contribution in [1.29, 1.82) is 0 Å². The van der Waals surface area contributed by atoms with Crippen molar-refractivity contribution in [2.75, 3.05) is 19.0 Å². The number of nitrogens with one attached hydrogen (secondary N) is 3. The topological polar surface area (TPSA) is 174 Å². The van der Waals surface area contributed by atoms with Crippen LogP contribution in [0.3, 0.4) is 0 Å². The summed E-state index contributed by atoms with van der Waals surface area (Å²) in [7, 11) is 0. The molecule has 0 aliphatic carbocycles. The highest BCUT2D eigenvalue weighted by Gasteiger charge is 2.56. The monoisotopic (exact) mass is 671 g/mol. The van der Waals surface area contributed by atoms with Crippen molar-refractivity contribution in [2.24, 2.45) is 5.92 Å². The SMILES string of the molecule is CC(C)[C@@H](NC(=O)COc1ccc([C@]2(c3ccc(F)cc3)NC(=O)[C@@H]2SCC(O)c2ccc(F)cc2)cc1)C(=O)N[C@@H](CO)C(=O)O. The smallest absolute Gasteiger partial charge is 0.328 e. The van der Waals surface area contributed by atoms with Crippen LogP contribution in [0.1, 0.15) is 36.6 Å². The molecule has 1 aliphatic rings. The van der Waals surface area contributed by atoms with Gasteiger partial charge in [-0.15, -0.1) is 11.8 Å². The summed E-state index contributed by atoms with van der Waals surface area (Å²) in [5.74, 6) is -4.03. The number of carboxylic acids is 1. The molecule has 3 aromatic carbocycles. The van der Waals surface area contributed by atoms with E-state index in [1.54, 1.807) is 50.2 Å². The van der Waals surface area contributed by atoms with Crippen molar-refractivity contribution >= 4 is 35.5 Å². The minimum Gasteiger partial charge on any atom is -0.484 e. The molecule has 3 amide bonds. The number of thioether (sulfide) groups is 1. The molecule has 1 saturated heterocycles. The second kappa shape index (κ2) is 15.4. The van der Waals surface area contributed by atoms with Crippen LogP contribution in [0.5, 0.6) is 5.75 Å². The molecule has 5 atom stereocenters. The van der Waals surface area contributed by atoms with Crippen LogP contribution in [0.2, 0.25) is 0 Å². The first kappa shape index (κ1) is 35.3. The maximum absolute atomic E-state index is 13.9. The van der Waals surface area contributed by atoms with Gasteiger partial charge < -0.3 is 36.0 Å². The van der Waals surface area contributed by atoms with Gasteiger partial charge in [-0.25, -0.2) is 13.6 Å². The maximum atomic E-state index is 13.9. The summed E-state index contributed by atoms with van der Waals surface area (Å²) < 4.78 is 32.8. The van der Waals surface area contributed by atoms with Crippen molar-refractivity contribution in [3.8, 4) is 5.75 Å². The van der Waals surface area contributed by atoms with Gasteiger partial charge in [-0.1, -0.05) is 50.2 Å². The molecule has 250 valence electrons. The van der Waals surface area contributed by atoms with Gasteiger partial charge >= 0.3 is 5.97 Å². The summed E-state index contributed by atoms with van der Waals surface area (Å²) in [5.41, 5.74) is 0.632. The van der Waals surface area contributed by atoms with Gasteiger partial charge in [-0.3, -0.25) is 14.4 Å². The van der Waals surface area contributed by atoms with Crippen LogP contribution in [-0.4, -0.2) is 75.3 Å². The molecule has 4 rings (SSSR count). The number of aliphatic hydroxyl groups excluding tert-OH is 2. The Bertz CT molecular complexity index is 1570. The lowest BCUT2D eigenvalue weighted by molar-refractivity contribution is -0.143. The first-order valence-corrected chi connectivity index (χ1v) is 15.7. The highest BCUT2D eigenvalue weighted by atomic mass is 32.2. The molecule has 6 N–H and O–H groups in total. The molecular formula is C33H35F2N3O8S. The van der Waals surface area contributed by atoms with Crippen LogP contribution >= 0.6 is 11.8 Å². The van der Waals surface area contributed by atoms with Gasteiger partial charge in [0, 0.05) is 5.75 Å². The number of amides is 3. The lowest BCUT2D eigenvalue weighted by Gasteiger charge is -2.50. The highest BCUT2D eigenvalue weighted by molar-refractivity contribution is 8.00. The lowest BCUT2D eigenvalue weighted by atomic mass is 9.74. The highest BCUT2D eigenvalue weighted by Crippen LogP contribution is 2.46. The number of rotatable bonds is 15. The number of β-lactam (4-membered cyclic amide) rings is 1. The largest absolute Gasteiger partial charge is 0.484 e. The molecule has 14 heteroatoms. The van der Waals surface area contributed by atoms with Crippen LogP contribution in [0.25, 0.3) is 0 Å². The van der Waals surface area contributed by atoms with Crippen molar-refractivity contribution in [3.05, 3.63) is 101 Å². The Morgan fingerprint density at radius 3 is 2.00 bits per heavy atom. The van der Waals surface area contributed by atoms with E-state index in [1.165, 1.54) is 48.2 Å². The van der Waals surface area contributed by atoms with E-state index < -0.39 is 77.5 Å². The van der Waals surface area contributed by atoms with E-state index in [0.717, 1.165) is 0 Å². The van der Waals surface area contributed by atoms with Crippen LogP contribution in [0.15, 0.2) is 72.8 Å². The number of benzene rings is 3. The first-order chi connectivity index (χ1) is 22.3. The maximum Gasteiger partial charge on any atom is 0.328 e. The molecule has 11 nitrogen and oxygen atoms in total. The van der Waals surface area contributed by atoms with Gasteiger partial charge in [0.1, 0.15) is 40.3 Å². The minimum absolute atomic E-state index is 0.120. The van der Waals surface area contributed by atoms with Crippen LogP contribution in [0.4, 0.5) is 8.78 Å². The standard InChI is InChI=1S/C33H35F2N3O8S/c1-18(2)28(30(42)36-25(15-39)32(44)45)37-27(41)16-46-24-13-7-21(8-14-24)33(20-5-11-23(35)12-6-20)29(31(43)38-33)47-17-26(40)19-3-9-22(34)10-4-19/h3-14,18,25-26,28-29,39-40H,15-17H2,1-2H3,(H,36,42)(H,37,41)(H,38,43)(H,44,45)/t25-,26?,28+,29-,33-/m0/s1. The summed E-state index contributed by atoms with van der Waals surface area (Å²) >= 11 is 1.20. The summed E-state index contributed by atoms with van der Waals surface area (Å²) in [6.07, 6.45) is -0.975. The second-order valence-corrected chi connectivity index (χ2v) is 12.4. The van der Waals surface area contributed by atoms with E-state index in [1.807, 2.05) is 0 Å². The van der Waals surface area contributed by atoms with Crippen LogP contribution in [-0.2, 0) is 24.7 Å². The molecule has 0 saturated carbocycles. The quantitative estimate of drug-likeness (QED) is 0.133. The van der Waals surface area contributed by atoms with Crippen molar-refractivity contribution in [1.82, 2.24) is 16.0 Å². The van der Waals surface area contributed by atoms with E-state index >= 15 is 0 Å². The Morgan fingerprint density at radius 1 is 0.936 bits per heavy atom. The second-order valence-electron chi connectivity index (χ2n) is 11.3. The fourth-order valence-electron chi connectivity index (χ4n) is 5.10. The Balaban J connectivity index is 1.46. The average molecular weight is 672 g/mol. The molecule has 1 heterocycles. The summed E-state index contributed by atoms with van der Waals surface area (Å²) in [5, 5.41) is 35.9. The van der Waals surface area contributed by atoms with Crippen molar-refractivity contribution in [2.45, 2.75) is 42.8 Å². The minimum atomic E-state index is -1.52. The molecule has 47 heavy (non-hydrogen) atoms. The van der Waals surface area contributed by atoms with E-state index in [-0.39, 0.29) is 17.4 Å². The van der Waals surface area contributed by atoms with Gasteiger partial charge in [-0.2, -0.15) is 0 Å². The number of hydrogen-bond acceptors (Lipinski definition) is 8. The Hall–Kier alpha value is -4.53. The summed E-state index contributed by atoms with van der Waals surface area (Å²) in [4.78, 5) is 49.3. The van der Waals surface area contributed by atoms with E-state index in [2.05, 4.69) is 16.0 Å². The number of aliphatic carboxylic acids is 1. The summed E-state index contributed by atoms with van der Waals surface area (Å²) in [6.45, 7) is 2.02. The molecular weight excluding hydrogens is 636 g/mol. The molecule has 1 aliphatic heterocycles. The van der Waals surface area contributed by atoms with E-state index in [9.17, 15) is 38.2 Å². The predicted molar refractivity (Wildman–Crippen MR) is 168 cm³/mol. The third-order valence-corrected chi connectivity index (χ3v) is 9.08. The first-order valence-electron chi connectivity index (χ1n) is 14.7. The number of aliphatic hydroxyl groups is 2. The van der Waals surface area contributed by atoms with Crippen LogP contribution < -0.4 is 20.7 Å². The number of carbonyl (C=O) groups is 4. The molecule has 0 aromatic heterocycles. The zero-order valence-electron chi connectivity index (χ0n) is 25.5. The van der Waals surface area contributed by atoms with Gasteiger partial charge in [0.2, 0.25) is 11.8 Å². The number of hydrogen-bond donors (Lipinski definition) is 6. The predicted octanol–water partition coefficient (Wildman–Crippen LogP) is 2.25. The van der Waals surface area contributed by atoms with Gasteiger partial charge in [-0.05, 0) is 59.0 Å². The number of ether oxygens (including phenoxy) is 1. The zero-order valence-corrected chi connectivity index (χ0v) is 26.3. The summed E-state index contributed by atoms with van der Waals surface area (Å²) in [6, 6.07) is 15.0. The van der Waals surface area contributed by atoms with Crippen molar-refractivity contribution in [3.63, 3.8) is 0 Å². The zero-order chi connectivity index (χ0) is 34.3. The Morgan fingerprint density at radius 2 is 1.49 bits per heavy atom. The van der Waals surface area contributed by atoms with Gasteiger partial charge in [0.15, 0.2) is 6.61 Å². The lowest BCUT2D eigenvalue weighted by Crippen LogP contribution is -2.69. The van der Waals surface area contributed by atoms with E-state index in [0.29, 0.717) is 16.7 Å².